The third kappa shape index (κ3) is 3.43. The molecule has 0 spiro atoms. The van der Waals surface area contributed by atoms with Gasteiger partial charge in [-0.25, -0.2) is 0 Å². The zero-order chi connectivity index (χ0) is 13.5. The summed E-state index contributed by atoms with van der Waals surface area (Å²) < 4.78 is 1.96. The molecular weight excluding hydrogens is 240 g/mol. The number of rotatable bonds is 5. The van der Waals surface area contributed by atoms with Gasteiger partial charge in [-0.3, -0.25) is 9.39 Å². The fourth-order valence-corrected chi connectivity index (χ4v) is 1.78. The van der Waals surface area contributed by atoms with Gasteiger partial charge in [-0.1, -0.05) is 19.4 Å². The number of aromatic nitrogens is 3. The van der Waals surface area contributed by atoms with E-state index in [1.165, 1.54) is 6.42 Å². The average molecular weight is 260 g/mol. The molecule has 0 aliphatic rings. The summed E-state index contributed by atoms with van der Waals surface area (Å²) in [4.78, 5) is 4.18. The van der Waals surface area contributed by atoms with E-state index in [2.05, 4.69) is 32.7 Å². The fourth-order valence-electron chi connectivity index (χ4n) is 1.78. The lowest BCUT2D eigenvalue weighted by Gasteiger charge is -2.10. The lowest BCUT2D eigenvalue weighted by Crippen LogP contribution is -2.37. The van der Waals surface area contributed by atoms with Crippen molar-refractivity contribution < 1.29 is 0 Å². The largest absolute Gasteiger partial charge is 0.356 e. The first kappa shape index (κ1) is 13.3. The summed E-state index contributed by atoms with van der Waals surface area (Å²) in [6, 6.07) is 5.85. The van der Waals surface area contributed by atoms with Crippen LogP contribution >= 0.6 is 0 Å². The Bertz CT molecular complexity index is 545. The van der Waals surface area contributed by atoms with Gasteiger partial charge in [-0.05, 0) is 18.6 Å². The summed E-state index contributed by atoms with van der Waals surface area (Å²) in [6.45, 7) is 3.69. The number of nitrogens with one attached hydrogen (secondary N) is 2. The first-order valence-corrected chi connectivity index (χ1v) is 6.58. The molecule has 0 bridgehead atoms. The van der Waals surface area contributed by atoms with Gasteiger partial charge in [0.15, 0.2) is 17.4 Å². The zero-order valence-electron chi connectivity index (χ0n) is 11.4. The molecule has 0 atom stereocenters. The third-order valence-electron chi connectivity index (χ3n) is 2.84. The van der Waals surface area contributed by atoms with Crippen LogP contribution in [0.4, 0.5) is 0 Å². The van der Waals surface area contributed by atoms with Crippen LogP contribution in [0.25, 0.3) is 5.65 Å². The molecule has 0 amide bonds. The number of aliphatic imine (C=N–C) groups is 1. The van der Waals surface area contributed by atoms with Gasteiger partial charge in [0.2, 0.25) is 0 Å². The van der Waals surface area contributed by atoms with Gasteiger partial charge in [0.1, 0.15) is 0 Å². The smallest absolute Gasteiger partial charge is 0.191 e. The quantitative estimate of drug-likeness (QED) is 0.481. The van der Waals surface area contributed by atoms with Crippen molar-refractivity contribution in [1.29, 1.82) is 0 Å². The molecule has 2 rings (SSSR count). The maximum Gasteiger partial charge on any atom is 0.191 e. The van der Waals surface area contributed by atoms with E-state index in [1.54, 1.807) is 7.05 Å². The highest BCUT2D eigenvalue weighted by atomic mass is 15.3. The van der Waals surface area contributed by atoms with Gasteiger partial charge < -0.3 is 10.6 Å². The van der Waals surface area contributed by atoms with Gasteiger partial charge in [0, 0.05) is 19.8 Å². The number of nitrogens with zero attached hydrogens (tertiary/aromatic N) is 4. The number of hydrogen-bond acceptors (Lipinski definition) is 3. The second-order valence-electron chi connectivity index (χ2n) is 4.25. The Balaban J connectivity index is 1.94. The highest BCUT2D eigenvalue weighted by molar-refractivity contribution is 5.79. The van der Waals surface area contributed by atoms with E-state index in [0.717, 1.165) is 30.4 Å². The Morgan fingerprint density at radius 1 is 1.32 bits per heavy atom. The first-order valence-electron chi connectivity index (χ1n) is 6.58. The first-order chi connectivity index (χ1) is 9.35. The van der Waals surface area contributed by atoms with Crippen LogP contribution in [-0.4, -0.2) is 34.2 Å². The van der Waals surface area contributed by atoms with Crippen LogP contribution in [0.2, 0.25) is 0 Å². The van der Waals surface area contributed by atoms with Crippen molar-refractivity contribution in [3.63, 3.8) is 0 Å². The summed E-state index contributed by atoms with van der Waals surface area (Å²) in [5, 5.41) is 14.8. The van der Waals surface area contributed by atoms with Crippen LogP contribution < -0.4 is 10.6 Å². The Kier molecular flexibility index (Phi) is 4.72. The summed E-state index contributed by atoms with van der Waals surface area (Å²) in [7, 11) is 1.77. The van der Waals surface area contributed by atoms with Crippen LogP contribution in [0, 0.1) is 0 Å². The Hall–Kier alpha value is -2.11. The summed E-state index contributed by atoms with van der Waals surface area (Å²) in [5.74, 6) is 1.66. The molecule has 2 heterocycles. The predicted octanol–water partition coefficient (Wildman–Crippen LogP) is 1.19. The number of pyridine rings is 1. The third-order valence-corrected chi connectivity index (χ3v) is 2.84. The SMILES string of the molecule is CCCCNC(=NC)NCc1nnc2ccccn12. The second-order valence-corrected chi connectivity index (χ2v) is 4.25. The number of fused-ring (bicyclic) bond motifs is 1. The Morgan fingerprint density at radius 2 is 2.21 bits per heavy atom. The van der Waals surface area contributed by atoms with Crippen molar-refractivity contribution >= 4 is 11.6 Å². The molecule has 0 aromatic carbocycles. The number of hydrogen-bond donors (Lipinski definition) is 2. The topological polar surface area (TPSA) is 66.6 Å². The Labute approximate surface area is 113 Å². The molecule has 2 aromatic heterocycles. The molecule has 0 radical (unpaired) electrons. The molecule has 0 fully saturated rings. The fraction of sp³-hybridized carbons (Fsp3) is 0.462. The molecule has 2 aromatic rings. The minimum Gasteiger partial charge on any atom is -0.356 e. The van der Waals surface area contributed by atoms with Gasteiger partial charge in [0.25, 0.3) is 0 Å². The second kappa shape index (κ2) is 6.72. The summed E-state index contributed by atoms with van der Waals surface area (Å²) in [6.07, 6.45) is 4.26. The lowest BCUT2D eigenvalue weighted by molar-refractivity contribution is 0.717. The monoisotopic (exact) mass is 260 g/mol. The molecule has 6 nitrogen and oxygen atoms in total. The lowest BCUT2D eigenvalue weighted by atomic mass is 10.3. The standard InChI is InChI=1S/C13H20N6/c1-3-4-8-15-13(14-2)16-10-12-18-17-11-7-5-6-9-19(11)12/h5-7,9H,3-4,8,10H2,1-2H3,(H2,14,15,16). The van der Waals surface area contributed by atoms with E-state index in [1.807, 2.05) is 28.8 Å². The molecule has 0 aliphatic heterocycles. The van der Waals surface area contributed by atoms with E-state index in [-0.39, 0.29) is 0 Å². The van der Waals surface area contributed by atoms with E-state index < -0.39 is 0 Å². The van der Waals surface area contributed by atoms with Crippen molar-refractivity contribution in [3.8, 4) is 0 Å². The van der Waals surface area contributed by atoms with E-state index in [4.69, 9.17) is 0 Å². The average Bonchev–Trinajstić information content (AvgIpc) is 2.86. The molecule has 102 valence electrons. The zero-order valence-corrected chi connectivity index (χ0v) is 11.4. The van der Waals surface area contributed by atoms with Gasteiger partial charge >= 0.3 is 0 Å². The number of unbranched alkanes of at least 4 members (excludes halogenated alkanes) is 1. The summed E-state index contributed by atoms with van der Waals surface area (Å²) in [5.41, 5.74) is 0.855. The minimum absolute atomic E-state index is 0.594. The molecule has 2 N–H and O–H groups in total. The van der Waals surface area contributed by atoms with Crippen molar-refractivity contribution in [2.24, 2.45) is 4.99 Å². The highest BCUT2D eigenvalue weighted by Gasteiger charge is 2.05. The van der Waals surface area contributed by atoms with Crippen LogP contribution in [0.5, 0.6) is 0 Å². The van der Waals surface area contributed by atoms with Gasteiger partial charge in [0.05, 0.1) is 6.54 Å². The molecule has 0 aliphatic carbocycles. The molecule has 0 unspecified atom stereocenters. The Morgan fingerprint density at radius 3 is 3.00 bits per heavy atom. The molecule has 6 heteroatoms. The predicted molar refractivity (Wildman–Crippen MR) is 76.1 cm³/mol. The van der Waals surface area contributed by atoms with Crippen molar-refractivity contribution in [2.45, 2.75) is 26.3 Å². The molecular formula is C13H20N6. The van der Waals surface area contributed by atoms with Crippen LogP contribution in [-0.2, 0) is 6.54 Å². The molecule has 0 saturated carbocycles. The molecule has 19 heavy (non-hydrogen) atoms. The normalized spacial score (nSPS) is 11.8. The maximum atomic E-state index is 4.18. The highest BCUT2D eigenvalue weighted by Crippen LogP contribution is 2.02. The van der Waals surface area contributed by atoms with Crippen LogP contribution in [0.15, 0.2) is 29.4 Å². The van der Waals surface area contributed by atoms with E-state index in [9.17, 15) is 0 Å². The maximum absolute atomic E-state index is 4.18. The minimum atomic E-state index is 0.594. The molecule has 0 saturated heterocycles. The van der Waals surface area contributed by atoms with Crippen molar-refractivity contribution in [3.05, 3.63) is 30.2 Å². The summed E-state index contributed by atoms with van der Waals surface area (Å²) >= 11 is 0. The van der Waals surface area contributed by atoms with Crippen molar-refractivity contribution in [1.82, 2.24) is 25.2 Å². The van der Waals surface area contributed by atoms with Gasteiger partial charge in [-0.15, -0.1) is 10.2 Å². The van der Waals surface area contributed by atoms with Crippen LogP contribution in [0.3, 0.4) is 0 Å². The van der Waals surface area contributed by atoms with E-state index >= 15 is 0 Å². The number of guanidine groups is 1. The van der Waals surface area contributed by atoms with E-state index in [0.29, 0.717) is 6.54 Å². The van der Waals surface area contributed by atoms with Crippen LogP contribution in [0.1, 0.15) is 25.6 Å². The van der Waals surface area contributed by atoms with Crippen molar-refractivity contribution in [2.75, 3.05) is 13.6 Å². The van der Waals surface area contributed by atoms with Gasteiger partial charge in [-0.2, -0.15) is 0 Å².